The minimum Gasteiger partial charge on any atom is -0.508 e. The van der Waals surface area contributed by atoms with Gasteiger partial charge in [0.25, 0.3) is 0 Å². The van der Waals surface area contributed by atoms with E-state index >= 15 is 0 Å². The lowest BCUT2D eigenvalue weighted by Gasteiger charge is -2.56. The van der Waals surface area contributed by atoms with Crippen LogP contribution in [0.2, 0.25) is 0 Å². The number of carbonyl (C=O) groups is 3. The van der Waals surface area contributed by atoms with Crippen molar-refractivity contribution in [2.24, 2.45) is 0 Å². The first-order chi connectivity index (χ1) is 19.9. The van der Waals surface area contributed by atoms with Crippen LogP contribution in [0.3, 0.4) is 0 Å². The first-order valence-corrected chi connectivity index (χ1v) is 14.0. The van der Waals surface area contributed by atoms with Crippen LogP contribution in [0.15, 0.2) is 97.6 Å². The Labute approximate surface area is 241 Å². The minimum absolute atomic E-state index is 0.0206. The van der Waals surface area contributed by atoms with Crippen LogP contribution in [-0.2, 0) is 27.2 Å². The van der Waals surface area contributed by atoms with Crippen LogP contribution in [0.4, 0.5) is 0 Å². The number of carbonyl (C=O) groups excluding carboxylic acids is 3. The number of hydrogen-bond donors (Lipinski definition) is 1. The zero-order valence-electron chi connectivity index (χ0n) is 23.3. The Hall–Kier alpha value is -4.43. The van der Waals surface area contributed by atoms with E-state index < -0.39 is 12.2 Å². The lowest BCUT2D eigenvalue weighted by atomic mass is 9.96. The predicted octanol–water partition coefficient (Wildman–Crippen LogP) is 3.94. The van der Waals surface area contributed by atoms with Crippen LogP contribution in [0.25, 0.3) is 0 Å². The SMILES string of the molecule is C=CCN1CC(=O)N2[C@@H](Cc3ccc(O)cc3)C(=O)N([C@@H](C)c3ccccc3)C[C@@H]2N1C(=O)CCc1ccccc1. The molecule has 0 aliphatic carbocycles. The zero-order chi connectivity index (χ0) is 28.9. The fourth-order valence-electron chi connectivity index (χ4n) is 5.85. The molecule has 0 spiro atoms. The number of nitrogens with zero attached hydrogens (tertiary/aromatic N) is 4. The lowest BCUT2D eigenvalue weighted by Crippen LogP contribution is -2.76. The Morgan fingerprint density at radius 1 is 0.976 bits per heavy atom. The Morgan fingerprint density at radius 3 is 2.29 bits per heavy atom. The number of rotatable bonds is 9. The van der Waals surface area contributed by atoms with E-state index in [-0.39, 0.29) is 55.4 Å². The summed E-state index contributed by atoms with van der Waals surface area (Å²) in [6.45, 7) is 6.34. The van der Waals surface area contributed by atoms with E-state index in [1.54, 1.807) is 50.2 Å². The van der Waals surface area contributed by atoms with Crippen LogP contribution < -0.4 is 0 Å². The maximum atomic E-state index is 14.2. The fraction of sp³-hybridized carbons (Fsp3) is 0.303. The summed E-state index contributed by atoms with van der Waals surface area (Å²) in [4.78, 5) is 45.2. The molecule has 2 saturated heterocycles. The number of aryl methyl sites for hydroxylation is 1. The largest absolute Gasteiger partial charge is 0.508 e. The van der Waals surface area contributed by atoms with Gasteiger partial charge >= 0.3 is 0 Å². The van der Waals surface area contributed by atoms with Crippen molar-refractivity contribution in [2.45, 2.75) is 44.4 Å². The molecule has 0 radical (unpaired) electrons. The van der Waals surface area contributed by atoms with E-state index in [0.29, 0.717) is 13.0 Å². The first-order valence-electron chi connectivity index (χ1n) is 14.0. The zero-order valence-corrected chi connectivity index (χ0v) is 23.3. The van der Waals surface area contributed by atoms with Gasteiger partial charge in [-0.25, -0.2) is 10.0 Å². The van der Waals surface area contributed by atoms with Crippen LogP contribution in [0.5, 0.6) is 5.75 Å². The number of piperazine rings is 1. The molecule has 3 amide bonds. The van der Waals surface area contributed by atoms with E-state index in [2.05, 4.69) is 6.58 Å². The monoisotopic (exact) mass is 552 g/mol. The number of hydrazine groups is 1. The number of aromatic hydroxyl groups is 1. The highest BCUT2D eigenvalue weighted by Gasteiger charge is 2.51. The molecule has 3 atom stereocenters. The van der Waals surface area contributed by atoms with E-state index in [4.69, 9.17) is 0 Å². The molecule has 3 aromatic rings. The summed E-state index contributed by atoms with van der Waals surface area (Å²) in [5, 5.41) is 13.2. The van der Waals surface area contributed by atoms with Crippen molar-refractivity contribution in [3.05, 3.63) is 114 Å². The van der Waals surface area contributed by atoms with Crippen LogP contribution in [0, 0.1) is 0 Å². The molecule has 2 fully saturated rings. The van der Waals surface area contributed by atoms with Crippen LogP contribution in [0.1, 0.15) is 36.1 Å². The Kier molecular flexibility index (Phi) is 8.50. The normalized spacial score (nSPS) is 20.1. The van der Waals surface area contributed by atoms with E-state index in [1.165, 1.54) is 0 Å². The van der Waals surface area contributed by atoms with E-state index in [9.17, 15) is 19.5 Å². The van der Waals surface area contributed by atoms with E-state index in [0.717, 1.165) is 16.7 Å². The van der Waals surface area contributed by atoms with Gasteiger partial charge in [-0.3, -0.25) is 14.4 Å². The van der Waals surface area contributed by atoms with Gasteiger partial charge in [0, 0.05) is 19.4 Å². The Morgan fingerprint density at radius 2 is 1.63 bits per heavy atom. The average Bonchev–Trinajstić information content (AvgIpc) is 2.99. The second-order valence-electron chi connectivity index (χ2n) is 10.6. The Bertz CT molecular complexity index is 1380. The van der Waals surface area contributed by atoms with Gasteiger partial charge in [-0.15, -0.1) is 6.58 Å². The van der Waals surface area contributed by atoms with Crippen molar-refractivity contribution in [1.82, 2.24) is 19.8 Å². The second kappa shape index (κ2) is 12.4. The second-order valence-corrected chi connectivity index (χ2v) is 10.6. The molecule has 0 aromatic heterocycles. The summed E-state index contributed by atoms with van der Waals surface area (Å²) in [6.07, 6.45) is 2.13. The van der Waals surface area contributed by atoms with Crippen molar-refractivity contribution in [2.75, 3.05) is 19.6 Å². The molecule has 41 heavy (non-hydrogen) atoms. The molecule has 0 unspecified atom stereocenters. The maximum absolute atomic E-state index is 14.2. The lowest BCUT2D eigenvalue weighted by molar-refractivity contribution is -0.206. The molecule has 5 rings (SSSR count). The number of phenolic OH excluding ortho intramolecular Hbond substituents is 1. The van der Waals surface area contributed by atoms with Gasteiger partial charge < -0.3 is 14.9 Å². The predicted molar refractivity (Wildman–Crippen MR) is 156 cm³/mol. The Balaban J connectivity index is 1.51. The van der Waals surface area contributed by atoms with Crippen LogP contribution in [-0.4, -0.2) is 74.5 Å². The highest BCUT2D eigenvalue weighted by Crippen LogP contribution is 2.33. The van der Waals surface area contributed by atoms with E-state index in [1.807, 2.05) is 67.6 Å². The smallest absolute Gasteiger partial charge is 0.246 e. The van der Waals surface area contributed by atoms with Gasteiger partial charge in [-0.1, -0.05) is 78.9 Å². The molecular formula is C33H36N4O4. The summed E-state index contributed by atoms with van der Waals surface area (Å²) in [5.41, 5.74) is 2.85. The molecule has 2 aliphatic heterocycles. The van der Waals surface area contributed by atoms with Gasteiger partial charge in [0.15, 0.2) is 0 Å². The number of phenols is 1. The highest BCUT2D eigenvalue weighted by atomic mass is 16.3. The van der Waals surface area contributed by atoms with Gasteiger partial charge in [0.1, 0.15) is 18.0 Å². The molecule has 2 heterocycles. The molecule has 8 heteroatoms. The van der Waals surface area contributed by atoms with Crippen molar-refractivity contribution < 1.29 is 19.5 Å². The van der Waals surface area contributed by atoms with Gasteiger partial charge in [-0.2, -0.15) is 0 Å². The van der Waals surface area contributed by atoms with Crippen molar-refractivity contribution in [3.63, 3.8) is 0 Å². The first kappa shape index (κ1) is 28.1. The topological polar surface area (TPSA) is 84.4 Å². The third kappa shape index (κ3) is 6.02. The third-order valence-corrected chi connectivity index (χ3v) is 7.96. The molecule has 0 bridgehead atoms. The number of fused-ring (bicyclic) bond motifs is 1. The summed E-state index contributed by atoms with van der Waals surface area (Å²) in [6, 6.07) is 25.2. The molecule has 3 aromatic carbocycles. The third-order valence-electron chi connectivity index (χ3n) is 7.96. The molecular weight excluding hydrogens is 516 g/mol. The molecule has 0 saturated carbocycles. The van der Waals surface area contributed by atoms with Crippen molar-refractivity contribution >= 4 is 17.7 Å². The van der Waals surface area contributed by atoms with Gasteiger partial charge in [0.2, 0.25) is 17.7 Å². The number of hydrogen-bond acceptors (Lipinski definition) is 5. The molecule has 212 valence electrons. The minimum atomic E-state index is -0.799. The fourth-order valence-corrected chi connectivity index (χ4v) is 5.85. The van der Waals surface area contributed by atoms with Gasteiger partial charge in [-0.05, 0) is 42.2 Å². The quantitative estimate of drug-likeness (QED) is 0.407. The van der Waals surface area contributed by atoms with Crippen molar-refractivity contribution in [1.29, 1.82) is 0 Å². The summed E-state index contributed by atoms with van der Waals surface area (Å²) < 4.78 is 0. The number of amides is 3. The average molecular weight is 553 g/mol. The van der Waals surface area contributed by atoms with Crippen molar-refractivity contribution in [3.8, 4) is 5.75 Å². The summed E-state index contributed by atoms with van der Waals surface area (Å²) in [5.74, 6) is -0.338. The van der Waals surface area contributed by atoms with Gasteiger partial charge in [0.05, 0.1) is 19.1 Å². The number of benzene rings is 3. The molecule has 2 aliphatic rings. The molecule has 8 nitrogen and oxygen atoms in total. The summed E-state index contributed by atoms with van der Waals surface area (Å²) >= 11 is 0. The standard InChI is InChI=1S/C33H36N4O4/c1-3-20-34-23-32(40)36-29(21-26-14-17-28(38)18-15-26)33(41)35(24(2)27-12-8-5-9-13-27)22-30(36)37(34)31(39)19-16-25-10-6-4-7-11-25/h3-15,17-18,24,29-30,38H,1,16,19-23H2,2H3/t24-,29-,30-/m0/s1. The maximum Gasteiger partial charge on any atom is 0.246 e. The van der Waals surface area contributed by atoms with Crippen LogP contribution >= 0.6 is 0 Å². The highest BCUT2D eigenvalue weighted by molar-refractivity contribution is 5.92. The molecule has 1 N–H and O–H groups in total. The summed E-state index contributed by atoms with van der Waals surface area (Å²) in [7, 11) is 0.